The Hall–Kier alpha value is -3.03. The molecule has 27 heavy (non-hydrogen) atoms. The van der Waals surface area contributed by atoms with Gasteiger partial charge in [-0.25, -0.2) is 0 Å². The Labute approximate surface area is 153 Å². The minimum atomic E-state index is -5.09. The van der Waals surface area contributed by atoms with Crippen molar-refractivity contribution in [3.63, 3.8) is 0 Å². The van der Waals surface area contributed by atoms with Gasteiger partial charge in [0.1, 0.15) is 0 Å². The first-order chi connectivity index (χ1) is 12.7. The van der Waals surface area contributed by atoms with Crippen LogP contribution in [0, 0.1) is 0 Å². The fraction of sp³-hybridized carbons (Fsp3) is 0.263. The van der Waals surface area contributed by atoms with Crippen molar-refractivity contribution >= 4 is 17.4 Å². The van der Waals surface area contributed by atoms with Crippen LogP contribution in [0.3, 0.4) is 0 Å². The molecule has 2 aromatic carbocycles. The van der Waals surface area contributed by atoms with Crippen LogP contribution in [0.2, 0.25) is 0 Å². The van der Waals surface area contributed by atoms with Gasteiger partial charge in [-0.2, -0.15) is 13.2 Å². The number of alkyl halides is 3. The standard InChI is InChI=1S/C19H16F3NO4/c1-11(2)23(18(25)19(20,21)22)14-9-16-15(26-10-27-16)8-13(14)17(24)12-6-4-3-5-7-12/h3-9,11H,10H2,1-2H3. The molecule has 5 nitrogen and oxygen atoms in total. The monoisotopic (exact) mass is 379 g/mol. The molecule has 1 heterocycles. The van der Waals surface area contributed by atoms with Crippen LogP contribution in [-0.2, 0) is 4.79 Å². The van der Waals surface area contributed by atoms with Crippen LogP contribution >= 0.6 is 0 Å². The normalized spacial score (nSPS) is 13.0. The first-order valence-electron chi connectivity index (χ1n) is 8.14. The van der Waals surface area contributed by atoms with E-state index in [2.05, 4.69) is 0 Å². The molecule has 0 spiro atoms. The summed E-state index contributed by atoms with van der Waals surface area (Å²) in [5, 5.41) is 0. The Balaban J connectivity index is 2.18. The first-order valence-corrected chi connectivity index (χ1v) is 8.14. The lowest BCUT2D eigenvalue weighted by Gasteiger charge is -2.29. The van der Waals surface area contributed by atoms with Crippen LogP contribution in [-0.4, -0.2) is 30.7 Å². The first kappa shape index (κ1) is 18.8. The maximum atomic E-state index is 13.1. The Kier molecular flexibility index (Phi) is 4.82. The molecule has 1 aliphatic heterocycles. The molecular weight excluding hydrogens is 363 g/mol. The van der Waals surface area contributed by atoms with Crippen LogP contribution in [0.4, 0.5) is 18.9 Å². The summed E-state index contributed by atoms with van der Waals surface area (Å²) in [5.74, 6) is -2.17. The number of rotatable bonds is 4. The zero-order chi connectivity index (χ0) is 19.8. The molecule has 0 saturated heterocycles. The molecule has 142 valence electrons. The number of ether oxygens (including phenoxy) is 2. The van der Waals surface area contributed by atoms with Crippen LogP contribution in [0.15, 0.2) is 42.5 Å². The van der Waals surface area contributed by atoms with Crippen LogP contribution < -0.4 is 14.4 Å². The number of nitrogens with zero attached hydrogens (tertiary/aromatic N) is 1. The van der Waals surface area contributed by atoms with E-state index in [1.807, 2.05) is 0 Å². The molecule has 2 aromatic rings. The third-order valence-corrected chi connectivity index (χ3v) is 4.01. The Morgan fingerprint density at radius 2 is 1.63 bits per heavy atom. The smallest absolute Gasteiger partial charge is 0.454 e. The van der Waals surface area contributed by atoms with Gasteiger partial charge in [0.15, 0.2) is 17.3 Å². The minimum absolute atomic E-state index is 0.0725. The van der Waals surface area contributed by atoms with Crippen molar-refractivity contribution in [2.24, 2.45) is 0 Å². The Bertz CT molecular complexity index is 879. The topological polar surface area (TPSA) is 55.8 Å². The number of hydrogen-bond donors (Lipinski definition) is 0. The second-order valence-electron chi connectivity index (χ2n) is 6.18. The molecule has 0 unspecified atom stereocenters. The van der Waals surface area contributed by atoms with Gasteiger partial charge in [-0.1, -0.05) is 30.3 Å². The van der Waals surface area contributed by atoms with Gasteiger partial charge in [-0.05, 0) is 19.9 Å². The molecule has 0 saturated carbocycles. The van der Waals surface area contributed by atoms with Gasteiger partial charge in [0.05, 0.1) is 11.3 Å². The average Bonchev–Trinajstić information content (AvgIpc) is 3.07. The van der Waals surface area contributed by atoms with Crippen LogP contribution in [0.25, 0.3) is 0 Å². The molecule has 8 heteroatoms. The Morgan fingerprint density at radius 3 is 2.19 bits per heavy atom. The number of benzene rings is 2. The zero-order valence-corrected chi connectivity index (χ0v) is 14.5. The lowest BCUT2D eigenvalue weighted by molar-refractivity contribution is -0.170. The molecule has 0 bridgehead atoms. The third kappa shape index (κ3) is 3.60. The summed E-state index contributed by atoms with van der Waals surface area (Å²) in [5.41, 5.74) is 0.0305. The maximum absolute atomic E-state index is 13.1. The SMILES string of the molecule is CC(C)N(C(=O)C(F)(F)F)c1cc2c(cc1C(=O)c1ccccc1)OCO2. The highest BCUT2D eigenvalue weighted by Crippen LogP contribution is 2.41. The molecule has 0 fully saturated rings. The van der Waals surface area contributed by atoms with Gasteiger partial charge >= 0.3 is 12.1 Å². The quantitative estimate of drug-likeness (QED) is 0.755. The van der Waals surface area contributed by atoms with Gasteiger partial charge in [0, 0.05) is 17.7 Å². The second kappa shape index (κ2) is 6.94. The van der Waals surface area contributed by atoms with E-state index in [0.717, 1.165) is 0 Å². The van der Waals surface area contributed by atoms with Crippen molar-refractivity contribution < 1.29 is 32.2 Å². The number of anilines is 1. The summed E-state index contributed by atoms with van der Waals surface area (Å²) in [4.78, 5) is 25.5. The number of carbonyl (C=O) groups excluding carboxylic acids is 2. The zero-order valence-electron chi connectivity index (χ0n) is 14.5. The molecule has 3 rings (SSSR count). The predicted octanol–water partition coefficient (Wildman–Crippen LogP) is 3.95. The van der Waals surface area contributed by atoms with Crippen molar-refractivity contribution in [1.29, 1.82) is 0 Å². The summed E-state index contributed by atoms with van der Waals surface area (Å²) in [6, 6.07) is 9.78. The average molecular weight is 379 g/mol. The van der Waals surface area contributed by atoms with E-state index < -0.39 is 23.9 Å². The highest BCUT2D eigenvalue weighted by molar-refractivity contribution is 6.15. The summed E-state index contributed by atoms with van der Waals surface area (Å²) in [7, 11) is 0. The maximum Gasteiger partial charge on any atom is 0.471 e. The fourth-order valence-electron chi connectivity index (χ4n) is 2.82. The van der Waals surface area contributed by atoms with Crippen molar-refractivity contribution in [2.45, 2.75) is 26.1 Å². The largest absolute Gasteiger partial charge is 0.471 e. The molecule has 1 amide bonds. The van der Waals surface area contributed by atoms with Gasteiger partial charge in [0.2, 0.25) is 6.79 Å². The lowest BCUT2D eigenvalue weighted by atomic mass is 9.99. The molecule has 0 radical (unpaired) electrons. The highest BCUT2D eigenvalue weighted by Gasteiger charge is 2.45. The van der Waals surface area contributed by atoms with E-state index >= 15 is 0 Å². The molecule has 0 N–H and O–H groups in total. The van der Waals surface area contributed by atoms with Gasteiger partial charge < -0.3 is 14.4 Å². The van der Waals surface area contributed by atoms with Gasteiger partial charge in [-0.3, -0.25) is 9.59 Å². The van der Waals surface area contributed by atoms with Crippen molar-refractivity contribution in [3.05, 3.63) is 53.6 Å². The fourth-order valence-corrected chi connectivity index (χ4v) is 2.82. The minimum Gasteiger partial charge on any atom is -0.454 e. The van der Waals surface area contributed by atoms with E-state index in [4.69, 9.17) is 9.47 Å². The molecule has 0 atom stereocenters. The van der Waals surface area contributed by atoms with Crippen LogP contribution in [0.5, 0.6) is 11.5 Å². The molecule has 1 aliphatic rings. The number of amides is 1. The number of hydrogen-bond acceptors (Lipinski definition) is 4. The second-order valence-corrected chi connectivity index (χ2v) is 6.18. The summed E-state index contributed by atoms with van der Waals surface area (Å²) >= 11 is 0. The van der Waals surface area contributed by atoms with E-state index in [9.17, 15) is 22.8 Å². The molecule has 0 aromatic heterocycles. The van der Waals surface area contributed by atoms with E-state index in [0.29, 0.717) is 4.90 Å². The number of ketones is 1. The van der Waals surface area contributed by atoms with Crippen molar-refractivity contribution in [1.82, 2.24) is 0 Å². The molecular formula is C19H16F3NO4. The van der Waals surface area contributed by atoms with Gasteiger partial charge in [-0.15, -0.1) is 0 Å². The van der Waals surface area contributed by atoms with Crippen molar-refractivity contribution in [3.8, 4) is 11.5 Å². The van der Waals surface area contributed by atoms with E-state index in [-0.39, 0.29) is 35.1 Å². The van der Waals surface area contributed by atoms with E-state index in [1.165, 1.54) is 26.0 Å². The predicted molar refractivity (Wildman–Crippen MR) is 91.1 cm³/mol. The highest BCUT2D eigenvalue weighted by atomic mass is 19.4. The van der Waals surface area contributed by atoms with Crippen molar-refractivity contribution in [2.75, 3.05) is 11.7 Å². The summed E-state index contributed by atoms with van der Waals surface area (Å²) in [6.07, 6.45) is -5.09. The Morgan fingerprint density at radius 1 is 1.04 bits per heavy atom. The van der Waals surface area contributed by atoms with Crippen LogP contribution in [0.1, 0.15) is 29.8 Å². The number of fused-ring (bicyclic) bond motifs is 1. The lowest BCUT2D eigenvalue weighted by Crippen LogP contribution is -2.45. The summed E-state index contributed by atoms with van der Waals surface area (Å²) in [6.45, 7) is 2.75. The summed E-state index contributed by atoms with van der Waals surface area (Å²) < 4.78 is 49.9. The molecule has 0 aliphatic carbocycles. The van der Waals surface area contributed by atoms with Gasteiger partial charge in [0.25, 0.3) is 0 Å². The number of carbonyl (C=O) groups is 2. The van der Waals surface area contributed by atoms with E-state index in [1.54, 1.807) is 30.3 Å². The third-order valence-electron chi connectivity index (χ3n) is 4.01. The number of halogens is 3.